The highest BCUT2D eigenvalue weighted by Crippen LogP contribution is 2.36. The Labute approximate surface area is 78.6 Å². The van der Waals surface area contributed by atoms with Crippen LogP contribution in [-0.4, -0.2) is 9.55 Å². The molecule has 0 aliphatic heterocycles. The Kier molecular flexibility index (Phi) is 2.47. The van der Waals surface area contributed by atoms with Gasteiger partial charge in [0.1, 0.15) is 5.82 Å². The third-order valence-corrected chi connectivity index (χ3v) is 2.70. The van der Waals surface area contributed by atoms with Gasteiger partial charge in [0.15, 0.2) is 0 Å². The Bertz CT molecular complexity index is 260. The molecule has 2 nitrogen and oxygen atoms in total. The monoisotopic (exact) mass is 186 g/mol. The number of aromatic nitrogens is 2. The summed E-state index contributed by atoms with van der Waals surface area (Å²) < 4.78 is 1.96. The highest BCUT2D eigenvalue weighted by atomic mass is 35.5. The summed E-state index contributed by atoms with van der Waals surface area (Å²) in [5, 5.41) is -0.0301. The van der Waals surface area contributed by atoms with Gasteiger partial charge in [0.05, 0.1) is 5.38 Å². The van der Waals surface area contributed by atoms with Crippen LogP contribution in [0.15, 0.2) is 12.4 Å². The molecule has 0 N–H and O–H groups in total. The molecular formula is C9H15ClN2. The molecule has 1 heterocycles. The predicted octanol–water partition coefficient (Wildman–Crippen LogP) is 2.75. The third kappa shape index (κ3) is 1.81. The van der Waals surface area contributed by atoms with Crippen LogP contribution in [0.5, 0.6) is 0 Å². The zero-order chi connectivity index (χ0) is 9.35. The number of rotatable bonds is 1. The summed E-state index contributed by atoms with van der Waals surface area (Å²) in [4.78, 5) is 4.21. The summed E-state index contributed by atoms with van der Waals surface area (Å²) >= 11 is 6.25. The van der Waals surface area contributed by atoms with Crippen molar-refractivity contribution in [2.24, 2.45) is 12.5 Å². The number of nitrogens with zero attached hydrogens (tertiary/aromatic N) is 2. The van der Waals surface area contributed by atoms with E-state index in [1.807, 2.05) is 17.8 Å². The second-order valence-electron chi connectivity index (χ2n) is 4.12. The number of hydrogen-bond acceptors (Lipinski definition) is 1. The summed E-state index contributed by atoms with van der Waals surface area (Å²) in [5.74, 6) is 0.934. The number of hydrogen-bond donors (Lipinski definition) is 0. The maximum absolute atomic E-state index is 6.25. The van der Waals surface area contributed by atoms with Gasteiger partial charge in [-0.3, -0.25) is 0 Å². The Morgan fingerprint density at radius 3 is 2.42 bits per heavy atom. The molecule has 0 aliphatic rings. The van der Waals surface area contributed by atoms with Crippen LogP contribution >= 0.6 is 11.6 Å². The fourth-order valence-electron chi connectivity index (χ4n) is 1.01. The average Bonchev–Trinajstić information content (AvgIpc) is 2.31. The Morgan fingerprint density at radius 1 is 1.50 bits per heavy atom. The first-order chi connectivity index (χ1) is 5.43. The minimum absolute atomic E-state index is 0.0301. The fourth-order valence-corrected chi connectivity index (χ4v) is 1.22. The summed E-state index contributed by atoms with van der Waals surface area (Å²) in [6.45, 7) is 6.33. The van der Waals surface area contributed by atoms with Crippen molar-refractivity contribution in [2.75, 3.05) is 0 Å². The van der Waals surface area contributed by atoms with Gasteiger partial charge in [0, 0.05) is 19.4 Å². The van der Waals surface area contributed by atoms with Crippen LogP contribution in [0.2, 0.25) is 0 Å². The van der Waals surface area contributed by atoms with Crippen molar-refractivity contribution in [1.29, 1.82) is 0 Å². The maximum atomic E-state index is 6.25. The van der Waals surface area contributed by atoms with Crippen molar-refractivity contribution in [3.63, 3.8) is 0 Å². The predicted molar refractivity (Wildman–Crippen MR) is 51.3 cm³/mol. The lowest BCUT2D eigenvalue weighted by atomic mass is 9.91. The van der Waals surface area contributed by atoms with Gasteiger partial charge in [-0.05, 0) is 5.41 Å². The highest BCUT2D eigenvalue weighted by Gasteiger charge is 2.26. The molecule has 0 fully saturated rings. The molecule has 0 saturated carbocycles. The lowest BCUT2D eigenvalue weighted by molar-refractivity contribution is 0.380. The Hall–Kier alpha value is -0.500. The number of alkyl halides is 1. The molecular weight excluding hydrogens is 172 g/mol. The Balaban J connectivity index is 2.92. The molecule has 0 aromatic carbocycles. The minimum Gasteiger partial charge on any atom is -0.337 e. The molecule has 0 saturated heterocycles. The van der Waals surface area contributed by atoms with Crippen LogP contribution in [0.1, 0.15) is 32.0 Å². The number of aryl methyl sites for hydroxylation is 1. The van der Waals surface area contributed by atoms with E-state index < -0.39 is 0 Å². The van der Waals surface area contributed by atoms with Crippen LogP contribution in [0, 0.1) is 5.41 Å². The van der Waals surface area contributed by atoms with Crippen molar-refractivity contribution < 1.29 is 0 Å². The Morgan fingerprint density at radius 2 is 2.08 bits per heavy atom. The van der Waals surface area contributed by atoms with E-state index in [1.165, 1.54) is 0 Å². The van der Waals surface area contributed by atoms with Gasteiger partial charge in [-0.25, -0.2) is 4.98 Å². The first-order valence-electron chi connectivity index (χ1n) is 4.04. The molecule has 0 spiro atoms. The van der Waals surface area contributed by atoms with Gasteiger partial charge >= 0.3 is 0 Å². The SMILES string of the molecule is Cn1ccnc1[C@H](Cl)C(C)(C)C. The van der Waals surface area contributed by atoms with Crippen LogP contribution < -0.4 is 0 Å². The van der Waals surface area contributed by atoms with Gasteiger partial charge in [-0.2, -0.15) is 0 Å². The van der Waals surface area contributed by atoms with Crippen molar-refractivity contribution in [1.82, 2.24) is 9.55 Å². The van der Waals surface area contributed by atoms with Gasteiger partial charge in [-0.1, -0.05) is 20.8 Å². The van der Waals surface area contributed by atoms with Crippen LogP contribution in [0.25, 0.3) is 0 Å². The van der Waals surface area contributed by atoms with Gasteiger partial charge < -0.3 is 4.57 Å². The van der Waals surface area contributed by atoms with Gasteiger partial charge in [0.25, 0.3) is 0 Å². The molecule has 12 heavy (non-hydrogen) atoms. The molecule has 0 amide bonds. The molecule has 0 radical (unpaired) electrons. The van der Waals surface area contributed by atoms with E-state index in [0.29, 0.717) is 0 Å². The highest BCUT2D eigenvalue weighted by molar-refractivity contribution is 6.20. The van der Waals surface area contributed by atoms with E-state index in [1.54, 1.807) is 6.20 Å². The first kappa shape index (κ1) is 9.59. The van der Waals surface area contributed by atoms with Crippen molar-refractivity contribution >= 4 is 11.6 Å². The van der Waals surface area contributed by atoms with Gasteiger partial charge in [-0.15, -0.1) is 11.6 Å². The molecule has 0 bridgehead atoms. The van der Waals surface area contributed by atoms with Crippen LogP contribution in [0.4, 0.5) is 0 Å². The normalized spacial score (nSPS) is 14.8. The first-order valence-corrected chi connectivity index (χ1v) is 4.48. The van der Waals surface area contributed by atoms with Crippen molar-refractivity contribution in [3.8, 4) is 0 Å². The van der Waals surface area contributed by atoms with E-state index in [4.69, 9.17) is 11.6 Å². The second-order valence-corrected chi connectivity index (χ2v) is 4.56. The van der Waals surface area contributed by atoms with E-state index >= 15 is 0 Å². The molecule has 1 atom stereocenters. The lowest BCUT2D eigenvalue weighted by Gasteiger charge is -2.24. The smallest absolute Gasteiger partial charge is 0.127 e. The molecule has 3 heteroatoms. The second kappa shape index (κ2) is 3.09. The minimum atomic E-state index is -0.0301. The topological polar surface area (TPSA) is 17.8 Å². The molecule has 0 unspecified atom stereocenters. The summed E-state index contributed by atoms with van der Waals surface area (Å²) in [5.41, 5.74) is 0.0562. The lowest BCUT2D eigenvalue weighted by Crippen LogP contribution is -2.16. The van der Waals surface area contributed by atoms with Crippen molar-refractivity contribution in [3.05, 3.63) is 18.2 Å². The summed E-state index contributed by atoms with van der Waals surface area (Å²) in [6, 6.07) is 0. The standard InChI is InChI=1S/C9H15ClN2/c1-9(2,3)7(10)8-11-5-6-12(8)4/h5-7H,1-4H3/t7-/m0/s1. The zero-order valence-electron chi connectivity index (χ0n) is 8.00. The van der Waals surface area contributed by atoms with Crippen LogP contribution in [-0.2, 0) is 7.05 Å². The average molecular weight is 187 g/mol. The van der Waals surface area contributed by atoms with Gasteiger partial charge in [0.2, 0.25) is 0 Å². The fraction of sp³-hybridized carbons (Fsp3) is 0.667. The van der Waals surface area contributed by atoms with Crippen LogP contribution in [0.3, 0.4) is 0 Å². The largest absolute Gasteiger partial charge is 0.337 e. The van der Waals surface area contributed by atoms with E-state index in [2.05, 4.69) is 25.8 Å². The van der Waals surface area contributed by atoms with E-state index in [-0.39, 0.29) is 10.8 Å². The zero-order valence-corrected chi connectivity index (χ0v) is 8.76. The maximum Gasteiger partial charge on any atom is 0.127 e. The van der Waals surface area contributed by atoms with Crippen molar-refractivity contribution in [2.45, 2.75) is 26.1 Å². The molecule has 0 aliphatic carbocycles. The molecule has 68 valence electrons. The quantitative estimate of drug-likeness (QED) is 0.617. The van der Waals surface area contributed by atoms with E-state index in [9.17, 15) is 0 Å². The molecule has 1 aromatic heterocycles. The molecule has 1 aromatic rings. The number of halogens is 1. The third-order valence-electron chi connectivity index (χ3n) is 1.85. The number of imidazole rings is 1. The summed E-state index contributed by atoms with van der Waals surface area (Å²) in [6.07, 6.45) is 3.69. The summed E-state index contributed by atoms with van der Waals surface area (Å²) in [7, 11) is 1.96. The molecule has 1 rings (SSSR count). The van der Waals surface area contributed by atoms with E-state index in [0.717, 1.165) is 5.82 Å².